The van der Waals surface area contributed by atoms with Gasteiger partial charge in [-0.15, -0.1) is 0 Å². The summed E-state index contributed by atoms with van der Waals surface area (Å²) in [7, 11) is 0. The molecule has 4 heteroatoms. The fraction of sp³-hybridized carbons (Fsp3) is 0.538. The normalized spacial score (nSPS) is 26.6. The summed E-state index contributed by atoms with van der Waals surface area (Å²) in [4.78, 5) is 12.4. The lowest BCUT2D eigenvalue weighted by atomic mass is 9.72. The first kappa shape index (κ1) is 12.8. The summed E-state index contributed by atoms with van der Waals surface area (Å²) in [6.07, 6.45) is 5.59. The molecule has 1 fully saturated rings. The molecule has 1 aliphatic heterocycles. The van der Waals surface area contributed by atoms with Gasteiger partial charge in [0, 0.05) is 0 Å². The maximum atomic E-state index is 11.7. The minimum Gasteiger partial charge on any atom is -0.307 e. The Morgan fingerprint density at radius 1 is 1.47 bits per heavy atom. The molecule has 0 radical (unpaired) electrons. The molecule has 0 unspecified atom stereocenters. The van der Waals surface area contributed by atoms with Gasteiger partial charge in [0.15, 0.2) is 0 Å². The van der Waals surface area contributed by atoms with E-state index in [1.165, 1.54) is 35.7 Å². The van der Waals surface area contributed by atoms with Crippen LogP contribution in [-0.2, 0) is 4.79 Å². The Kier molecular flexibility index (Phi) is 3.46. The van der Waals surface area contributed by atoms with E-state index in [0.717, 1.165) is 11.3 Å². The van der Waals surface area contributed by atoms with Crippen LogP contribution in [0.25, 0.3) is 0 Å². The average molecular weight is 267 g/mol. The zero-order valence-electron chi connectivity index (χ0n) is 10.4. The van der Waals surface area contributed by atoms with Crippen molar-refractivity contribution in [2.75, 3.05) is 0 Å². The van der Waals surface area contributed by atoms with Crippen molar-refractivity contribution in [2.24, 2.45) is 5.41 Å². The SMILES string of the molecule is CC1=C(C=C2SC(=S)NC2=O)C(C)(C)CCC1. The Morgan fingerprint density at radius 3 is 2.71 bits per heavy atom. The Labute approximate surface area is 112 Å². The lowest BCUT2D eigenvalue weighted by Crippen LogP contribution is -2.21. The first-order valence-electron chi connectivity index (χ1n) is 5.85. The number of rotatable bonds is 1. The molecule has 1 saturated heterocycles. The maximum Gasteiger partial charge on any atom is 0.263 e. The van der Waals surface area contributed by atoms with Crippen LogP contribution < -0.4 is 5.32 Å². The summed E-state index contributed by atoms with van der Waals surface area (Å²) in [6, 6.07) is 0. The van der Waals surface area contributed by atoms with E-state index in [0.29, 0.717) is 4.32 Å². The monoisotopic (exact) mass is 267 g/mol. The second kappa shape index (κ2) is 4.58. The maximum absolute atomic E-state index is 11.7. The quantitative estimate of drug-likeness (QED) is 0.582. The molecule has 2 nitrogen and oxygen atoms in total. The highest BCUT2D eigenvalue weighted by atomic mass is 32.2. The third kappa shape index (κ3) is 2.63. The first-order valence-corrected chi connectivity index (χ1v) is 7.08. The lowest BCUT2D eigenvalue weighted by molar-refractivity contribution is -0.115. The fourth-order valence-electron chi connectivity index (χ4n) is 2.51. The molecule has 1 N–H and O–H groups in total. The fourth-order valence-corrected chi connectivity index (χ4v) is 3.54. The number of thiocarbonyl (C=S) groups is 1. The molecule has 1 amide bonds. The van der Waals surface area contributed by atoms with Crippen molar-refractivity contribution in [1.82, 2.24) is 5.32 Å². The Balaban J connectivity index is 2.37. The number of amides is 1. The Morgan fingerprint density at radius 2 is 2.18 bits per heavy atom. The second-order valence-electron chi connectivity index (χ2n) is 5.28. The van der Waals surface area contributed by atoms with Crippen LogP contribution in [0.5, 0.6) is 0 Å². The number of carbonyl (C=O) groups excluding carboxylic acids is 1. The molecule has 92 valence electrons. The van der Waals surface area contributed by atoms with Crippen molar-refractivity contribution in [1.29, 1.82) is 0 Å². The van der Waals surface area contributed by atoms with Crippen molar-refractivity contribution in [3.8, 4) is 0 Å². The third-order valence-electron chi connectivity index (χ3n) is 3.46. The van der Waals surface area contributed by atoms with Gasteiger partial charge in [0.2, 0.25) is 0 Å². The van der Waals surface area contributed by atoms with Gasteiger partial charge in [-0.25, -0.2) is 0 Å². The Bertz CT molecular complexity index is 446. The molecule has 17 heavy (non-hydrogen) atoms. The van der Waals surface area contributed by atoms with Gasteiger partial charge in [0.25, 0.3) is 5.91 Å². The van der Waals surface area contributed by atoms with E-state index in [-0.39, 0.29) is 11.3 Å². The van der Waals surface area contributed by atoms with Gasteiger partial charge in [0.1, 0.15) is 4.32 Å². The van der Waals surface area contributed by atoms with Crippen LogP contribution in [0.15, 0.2) is 22.1 Å². The number of hydrogen-bond donors (Lipinski definition) is 1. The lowest BCUT2D eigenvalue weighted by Gasteiger charge is -2.33. The van der Waals surface area contributed by atoms with E-state index in [9.17, 15) is 4.79 Å². The van der Waals surface area contributed by atoms with E-state index in [1.54, 1.807) is 0 Å². The van der Waals surface area contributed by atoms with E-state index in [1.807, 2.05) is 6.08 Å². The Hall–Kier alpha value is -0.610. The van der Waals surface area contributed by atoms with Crippen LogP contribution in [0.1, 0.15) is 40.0 Å². The van der Waals surface area contributed by atoms with E-state index in [4.69, 9.17) is 12.2 Å². The topological polar surface area (TPSA) is 29.1 Å². The van der Waals surface area contributed by atoms with Crippen molar-refractivity contribution in [3.05, 3.63) is 22.1 Å². The molecule has 1 aliphatic carbocycles. The number of thioether (sulfide) groups is 1. The molecule has 1 heterocycles. The van der Waals surface area contributed by atoms with Crippen molar-refractivity contribution in [3.63, 3.8) is 0 Å². The molecule has 0 aromatic heterocycles. The standard InChI is InChI=1S/C13H17NOS2/c1-8-5-4-6-13(2,3)9(8)7-10-11(15)14-12(16)17-10/h7H,4-6H2,1-3H3,(H,14,15,16). The van der Waals surface area contributed by atoms with Gasteiger partial charge in [-0.05, 0) is 43.3 Å². The average Bonchev–Trinajstić information content (AvgIpc) is 2.51. The minimum absolute atomic E-state index is 0.0540. The smallest absolute Gasteiger partial charge is 0.263 e. The van der Waals surface area contributed by atoms with Crippen LogP contribution in [0.3, 0.4) is 0 Å². The molecular weight excluding hydrogens is 250 g/mol. The van der Waals surface area contributed by atoms with Gasteiger partial charge in [0.05, 0.1) is 4.91 Å². The van der Waals surface area contributed by atoms with Crippen LogP contribution >= 0.6 is 24.0 Å². The molecule has 2 aliphatic rings. The summed E-state index contributed by atoms with van der Waals surface area (Å²) in [5.74, 6) is -0.0540. The van der Waals surface area contributed by atoms with E-state index in [2.05, 4.69) is 26.1 Å². The number of hydrogen-bond acceptors (Lipinski definition) is 3. The van der Waals surface area contributed by atoms with Crippen LogP contribution in [0.2, 0.25) is 0 Å². The minimum atomic E-state index is -0.0540. The zero-order valence-corrected chi connectivity index (χ0v) is 12.1. The van der Waals surface area contributed by atoms with E-state index < -0.39 is 0 Å². The first-order chi connectivity index (χ1) is 7.90. The third-order valence-corrected chi connectivity index (χ3v) is 4.62. The van der Waals surface area contributed by atoms with Gasteiger partial charge < -0.3 is 5.32 Å². The molecule has 0 aromatic rings. The number of nitrogens with one attached hydrogen (secondary N) is 1. The van der Waals surface area contributed by atoms with Crippen molar-refractivity contribution in [2.45, 2.75) is 40.0 Å². The van der Waals surface area contributed by atoms with Gasteiger partial charge >= 0.3 is 0 Å². The highest BCUT2D eigenvalue weighted by Gasteiger charge is 2.30. The van der Waals surface area contributed by atoms with Crippen LogP contribution in [-0.4, -0.2) is 10.2 Å². The molecule has 0 saturated carbocycles. The summed E-state index contributed by atoms with van der Waals surface area (Å²) in [5.41, 5.74) is 2.88. The predicted octanol–water partition coefficient (Wildman–Crippen LogP) is 3.54. The van der Waals surface area contributed by atoms with E-state index >= 15 is 0 Å². The molecule has 0 atom stereocenters. The predicted molar refractivity (Wildman–Crippen MR) is 76.7 cm³/mol. The molecule has 2 rings (SSSR count). The zero-order chi connectivity index (χ0) is 12.6. The van der Waals surface area contributed by atoms with Gasteiger partial charge in [-0.3, -0.25) is 4.79 Å². The number of carbonyl (C=O) groups is 1. The molecule has 0 aromatic carbocycles. The number of allylic oxidation sites excluding steroid dienone is 3. The highest BCUT2D eigenvalue weighted by Crippen LogP contribution is 2.42. The van der Waals surface area contributed by atoms with Gasteiger partial charge in [-0.2, -0.15) is 0 Å². The second-order valence-corrected chi connectivity index (χ2v) is 7.00. The highest BCUT2D eigenvalue weighted by molar-refractivity contribution is 8.26. The summed E-state index contributed by atoms with van der Waals surface area (Å²) < 4.78 is 0.563. The molecular formula is C13H17NOS2. The summed E-state index contributed by atoms with van der Waals surface area (Å²) in [5, 5.41) is 2.66. The van der Waals surface area contributed by atoms with Gasteiger partial charge in [-0.1, -0.05) is 43.4 Å². The molecule has 0 spiro atoms. The van der Waals surface area contributed by atoms with Crippen LogP contribution in [0.4, 0.5) is 0 Å². The molecule has 0 bridgehead atoms. The largest absolute Gasteiger partial charge is 0.307 e. The van der Waals surface area contributed by atoms with Crippen LogP contribution in [0, 0.1) is 5.41 Å². The van der Waals surface area contributed by atoms with Crippen molar-refractivity contribution >= 4 is 34.2 Å². The van der Waals surface area contributed by atoms with Crippen molar-refractivity contribution < 1.29 is 4.79 Å². The summed E-state index contributed by atoms with van der Waals surface area (Å²) >= 11 is 6.37. The summed E-state index contributed by atoms with van der Waals surface area (Å²) in [6.45, 7) is 6.67.